The van der Waals surface area contributed by atoms with Crippen LogP contribution >= 0.6 is 12.4 Å². The maximum atomic E-state index is 8.05. The van der Waals surface area contributed by atoms with Gasteiger partial charge in [0.05, 0.1) is 0 Å². The number of halogens is 1. The Morgan fingerprint density at radius 3 is 2.22 bits per heavy atom. The molecular weight excluding hydrogens is 144 g/mol. The highest BCUT2D eigenvalue weighted by Crippen LogP contribution is 1.70. The zero-order valence-electron chi connectivity index (χ0n) is 5.33. The fourth-order valence-corrected chi connectivity index (χ4v) is 0.238. The van der Waals surface area contributed by atoms with E-state index in [2.05, 4.69) is 5.10 Å². The third-order valence-electron chi connectivity index (χ3n) is 0.422. The van der Waals surface area contributed by atoms with E-state index in [4.69, 9.17) is 10.9 Å². The maximum Gasteiger partial charge on any atom is 0.235 e. The lowest BCUT2D eigenvalue weighted by atomic mass is 11.0. The highest BCUT2D eigenvalue weighted by molar-refractivity contribution is 5.85. The molecule has 0 amide bonds. The van der Waals surface area contributed by atoms with Gasteiger partial charge < -0.3 is 5.73 Å². The summed E-state index contributed by atoms with van der Waals surface area (Å²) in [6.45, 7) is 0. The average molecular weight is 155 g/mol. The van der Waals surface area contributed by atoms with Gasteiger partial charge in [-0.1, -0.05) is 0 Å². The van der Waals surface area contributed by atoms with Crippen LogP contribution in [0, 0.1) is 0 Å². The first-order chi connectivity index (χ1) is 3.66. The molecule has 0 heterocycles. The molecule has 0 radical (unpaired) electrons. The van der Waals surface area contributed by atoms with E-state index in [1.807, 2.05) is 0 Å². The van der Waals surface area contributed by atoms with Gasteiger partial charge in [0.1, 0.15) is 0 Å². The Balaban J connectivity index is 0. The van der Waals surface area contributed by atoms with Gasteiger partial charge in [-0.3, -0.25) is 10.2 Å². The van der Waals surface area contributed by atoms with Crippen molar-refractivity contribution in [3.63, 3.8) is 0 Å². The number of hydroxylamine groups is 1. The number of hydrogen-bond acceptors (Lipinski definition) is 3. The second-order valence-electron chi connectivity index (χ2n) is 1.44. The summed E-state index contributed by atoms with van der Waals surface area (Å²) < 4.78 is 0. The highest BCUT2D eigenvalue weighted by Gasteiger charge is 1.83. The highest BCUT2D eigenvalue weighted by atomic mass is 35.5. The van der Waals surface area contributed by atoms with Crippen molar-refractivity contribution in [2.75, 3.05) is 14.1 Å². The summed E-state index contributed by atoms with van der Waals surface area (Å²) >= 11 is 0. The van der Waals surface area contributed by atoms with E-state index in [1.54, 1.807) is 19.6 Å². The van der Waals surface area contributed by atoms with E-state index in [-0.39, 0.29) is 18.4 Å². The Labute approximate surface area is 59.9 Å². The van der Waals surface area contributed by atoms with Gasteiger partial charge in [-0.2, -0.15) is 0 Å². The molecule has 0 rings (SSSR count). The molecule has 5 nitrogen and oxygen atoms in total. The Morgan fingerprint density at radius 2 is 2.11 bits per heavy atom. The molecule has 6 heteroatoms. The number of nitrogens with one attached hydrogen (secondary N) is 1. The molecule has 0 bridgehead atoms. The van der Waals surface area contributed by atoms with Crippen molar-refractivity contribution in [1.29, 1.82) is 0 Å². The van der Waals surface area contributed by atoms with Gasteiger partial charge in [-0.05, 0) is 0 Å². The fraction of sp³-hybridized carbons (Fsp3) is 0.667. The molecular formula is C3H11ClN4O. The quantitative estimate of drug-likeness (QED) is 0.262. The van der Waals surface area contributed by atoms with Crippen molar-refractivity contribution in [2.24, 2.45) is 10.8 Å². The fourth-order valence-electron chi connectivity index (χ4n) is 0.238. The average Bonchev–Trinajstić information content (AvgIpc) is 1.65. The zero-order chi connectivity index (χ0) is 6.57. The molecule has 0 saturated carbocycles. The maximum absolute atomic E-state index is 8.05. The number of hydrazone groups is 1. The van der Waals surface area contributed by atoms with Crippen molar-refractivity contribution in [3.05, 3.63) is 0 Å². The lowest BCUT2D eigenvalue weighted by Crippen LogP contribution is -2.30. The molecule has 0 aliphatic heterocycles. The van der Waals surface area contributed by atoms with E-state index in [1.165, 1.54) is 5.01 Å². The Bertz CT molecular complexity index is 93.8. The minimum absolute atomic E-state index is 0. The standard InChI is InChI=1S/C3H10N4O.ClH/c1-7(2)5-3(4)6-8;/h8H,1-2H3,(H3,4,5,6);1H. The predicted molar refractivity (Wildman–Crippen MR) is 37.5 cm³/mol. The molecule has 9 heavy (non-hydrogen) atoms. The van der Waals surface area contributed by atoms with Crippen LogP contribution in [0.4, 0.5) is 0 Å². The molecule has 4 N–H and O–H groups in total. The van der Waals surface area contributed by atoms with Crippen LogP contribution in [0.15, 0.2) is 5.10 Å². The largest absolute Gasteiger partial charge is 0.367 e. The molecule has 0 spiro atoms. The second-order valence-corrected chi connectivity index (χ2v) is 1.44. The van der Waals surface area contributed by atoms with Crippen LogP contribution in [0.2, 0.25) is 0 Å². The van der Waals surface area contributed by atoms with E-state index >= 15 is 0 Å². The van der Waals surface area contributed by atoms with Crippen LogP contribution in [0.5, 0.6) is 0 Å². The molecule has 0 atom stereocenters. The predicted octanol–water partition coefficient (Wildman–Crippen LogP) is -0.822. The van der Waals surface area contributed by atoms with Gasteiger partial charge >= 0.3 is 0 Å². The molecule has 0 unspecified atom stereocenters. The summed E-state index contributed by atoms with van der Waals surface area (Å²) in [6, 6.07) is 0. The van der Waals surface area contributed by atoms with E-state index < -0.39 is 0 Å². The SMILES string of the molecule is CN(C)N=C(N)NO.Cl. The first-order valence-corrected chi connectivity index (χ1v) is 2.08. The number of nitrogens with two attached hydrogens (primary N) is 1. The summed E-state index contributed by atoms with van der Waals surface area (Å²) in [5.41, 5.74) is 6.70. The summed E-state index contributed by atoms with van der Waals surface area (Å²) in [5.74, 6) is -0.0185. The first kappa shape index (κ1) is 11.2. The molecule has 0 aromatic rings. The second kappa shape index (κ2) is 5.46. The van der Waals surface area contributed by atoms with Crippen LogP contribution in [0.3, 0.4) is 0 Å². The Kier molecular flexibility index (Phi) is 6.77. The molecule has 56 valence electrons. The summed E-state index contributed by atoms with van der Waals surface area (Å²) in [7, 11) is 3.40. The molecule has 0 aliphatic rings. The van der Waals surface area contributed by atoms with Gasteiger partial charge in [0, 0.05) is 14.1 Å². The van der Waals surface area contributed by atoms with Crippen LogP contribution in [0.1, 0.15) is 0 Å². The van der Waals surface area contributed by atoms with Crippen LogP contribution in [-0.2, 0) is 0 Å². The van der Waals surface area contributed by atoms with Gasteiger partial charge in [-0.25, -0.2) is 5.48 Å². The number of hydrogen-bond donors (Lipinski definition) is 3. The molecule has 0 fully saturated rings. The summed E-state index contributed by atoms with van der Waals surface area (Å²) in [4.78, 5) is 0. The number of guanidine groups is 1. The number of rotatable bonds is 1. The van der Waals surface area contributed by atoms with Crippen LogP contribution in [-0.4, -0.2) is 30.3 Å². The molecule has 0 saturated heterocycles. The minimum atomic E-state index is -0.0185. The third kappa shape index (κ3) is 7.32. The topological polar surface area (TPSA) is 73.9 Å². The normalized spacial score (nSPS) is 9.89. The molecule has 0 aliphatic carbocycles. The number of nitrogens with zero attached hydrogens (tertiary/aromatic N) is 2. The Morgan fingerprint density at radius 1 is 1.67 bits per heavy atom. The Hall–Kier alpha value is -0.680. The van der Waals surface area contributed by atoms with Gasteiger partial charge in [0.15, 0.2) is 0 Å². The van der Waals surface area contributed by atoms with Crippen molar-refractivity contribution < 1.29 is 5.21 Å². The smallest absolute Gasteiger partial charge is 0.235 e. The zero-order valence-corrected chi connectivity index (χ0v) is 6.14. The molecule has 0 aromatic heterocycles. The summed E-state index contributed by atoms with van der Waals surface area (Å²) in [5, 5.41) is 13.1. The lowest BCUT2D eigenvalue weighted by molar-refractivity contribution is 0.229. The minimum Gasteiger partial charge on any atom is -0.367 e. The van der Waals surface area contributed by atoms with Crippen molar-refractivity contribution in [1.82, 2.24) is 10.5 Å². The van der Waals surface area contributed by atoms with Crippen molar-refractivity contribution >= 4 is 18.4 Å². The first-order valence-electron chi connectivity index (χ1n) is 2.08. The monoisotopic (exact) mass is 154 g/mol. The van der Waals surface area contributed by atoms with E-state index in [0.717, 1.165) is 0 Å². The van der Waals surface area contributed by atoms with Gasteiger partial charge in [-0.15, -0.1) is 17.5 Å². The van der Waals surface area contributed by atoms with Crippen molar-refractivity contribution in [3.8, 4) is 0 Å². The van der Waals surface area contributed by atoms with E-state index in [9.17, 15) is 0 Å². The van der Waals surface area contributed by atoms with E-state index in [0.29, 0.717) is 0 Å². The van der Waals surface area contributed by atoms with Crippen LogP contribution in [0.25, 0.3) is 0 Å². The van der Waals surface area contributed by atoms with Gasteiger partial charge in [0.2, 0.25) is 5.96 Å². The third-order valence-corrected chi connectivity index (χ3v) is 0.422. The summed E-state index contributed by atoms with van der Waals surface area (Å²) in [6.07, 6.45) is 0. The van der Waals surface area contributed by atoms with Gasteiger partial charge in [0.25, 0.3) is 0 Å². The van der Waals surface area contributed by atoms with Crippen LogP contribution < -0.4 is 11.2 Å². The molecule has 0 aromatic carbocycles. The lowest BCUT2D eigenvalue weighted by Gasteiger charge is -2.03. The van der Waals surface area contributed by atoms with Crippen molar-refractivity contribution in [2.45, 2.75) is 0 Å².